The van der Waals surface area contributed by atoms with Gasteiger partial charge in [0.15, 0.2) is 0 Å². The summed E-state index contributed by atoms with van der Waals surface area (Å²) in [6.07, 6.45) is 3.70. The lowest BCUT2D eigenvalue weighted by Gasteiger charge is -2.33. The van der Waals surface area contributed by atoms with E-state index >= 15 is 0 Å². The van der Waals surface area contributed by atoms with Crippen molar-refractivity contribution >= 4 is 17.8 Å². The Hall–Kier alpha value is -2.57. The van der Waals surface area contributed by atoms with Crippen LogP contribution in [0.15, 0.2) is 24.3 Å². The van der Waals surface area contributed by atoms with Gasteiger partial charge in [0.05, 0.1) is 7.11 Å². The lowest BCUT2D eigenvalue weighted by Crippen LogP contribution is -2.51. The maximum absolute atomic E-state index is 12.7. The van der Waals surface area contributed by atoms with E-state index in [1.807, 2.05) is 24.3 Å². The zero-order chi connectivity index (χ0) is 18.7. The van der Waals surface area contributed by atoms with Crippen LogP contribution >= 0.6 is 0 Å². The Bertz CT molecular complexity index is 710. The molecule has 1 heterocycles. The molecule has 1 aliphatic carbocycles. The summed E-state index contributed by atoms with van der Waals surface area (Å²) in [6, 6.07) is 6.92. The molecule has 1 aliphatic heterocycles. The summed E-state index contributed by atoms with van der Waals surface area (Å²) in [4.78, 5) is 37.1. The van der Waals surface area contributed by atoms with E-state index < -0.39 is 11.6 Å². The van der Waals surface area contributed by atoms with Crippen molar-refractivity contribution in [2.45, 2.75) is 51.0 Å². The molecule has 1 aromatic rings. The number of hydrogen-bond acceptors (Lipinski definition) is 4. The first-order valence-corrected chi connectivity index (χ1v) is 9.02. The van der Waals surface area contributed by atoms with Gasteiger partial charge in [-0.25, -0.2) is 4.79 Å². The SMILES string of the molecule is COc1cccc(CCC(=O)NN2C(=O)NC3(CCC(C)CC3)C2=O)c1. The molecule has 0 unspecified atom stereocenters. The van der Waals surface area contributed by atoms with Crippen LogP contribution in [-0.2, 0) is 16.0 Å². The van der Waals surface area contributed by atoms with E-state index in [1.165, 1.54) is 0 Å². The average molecular weight is 359 g/mol. The summed E-state index contributed by atoms with van der Waals surface area (Å²) in [5.74, 6) is 0.573. The predicted molar refractivity (Wildman–Crippen MR) is 95.2 cm³/mol. The van der Waals surface area contributed by atoms with E-state index in [-0.39, 0.29) is 18.2 Å². The number of aryl methyl sites for hydroxylation is 1. The van der Waals surface area contributed by atoms with Crippen LogP contribution < -0.4 is 15.5 Å². The van der Waals surface area contributed by atoms with Crippen LogP contribution in [0.5, 0.6) is 5.75 Å². The molecule has 7 heteroatoms. The highest BCUT2D eigenvalue weighted by Crippen LogP contribution is 2.35. The molecule has 140 valence electrons. The summed E-state index contributed by atoms with van der Waals surface area (Å²) >= 11 is 0. The van der Waals surface area contributed by atoms with Gasteiger partial charge in [-0.2, -0.15) is 5.01 Å². The molecule has 0 aromatic heterocycles. The maximum atomic E-state index is 12.7. The predicted octanol–water partition coefficient (Wildman–Crippen LogP) is 2.16. The van der Waals surface area contributed by atoms with Crippen molar-refractivity contribution in [2.24, 2.45) is 5.92 Å². The van der Waals surface area contributed by atoms with Crippen LogP contribution in [0.1, 0.15) is 44.6 Å². The van der Waals surface area contributed by atoms with E-state index in [0.717, 1.165) is 29.2 Å². The molecular weight excluding hydrogens is 334 g/mol. The number of imide groups is 1. The van der Waals surface area contributed by atoms with Gasteiger partial charge in [0, 0.05) is 6.42 Å². The Morgan fingerprint density at radius 1 is 1.35 bits per heavy atom. The topological polar surface area (TPSA) is 87.7 Å². The first-order chi connectivity index (χ1) is 12.4. The molecule has 2 N–H and O–H groups in total. The molecule has 2 aliphatic rings. The first kappa shape index (κ1) is 18.2. The number of urea groups is 1. The van der Waals surface area contributed by atoms with Gasteiger partial charge >= 0.3 is 6.03 Å². The molecule has 2 fully saturated rings. The molecule has 0 radical (unpaired) electrons. The smallest absolute Gasteiger partial charge is 0.344 e. The second-order valence-electron chi connectivity index (χ2n) is 7.22. The van der Waals surface area contributed by atoms with E-state index in [0.29, 0.717) is 25.2 Å². The quantitative estimate of drug-likeness (QED) is 0.789. The molecule has 1 spiro atoms. The number of hydrazine groups is 1. The van der Waals surface area contributed by atoms with Crippen molar-refractivity contribution in [1.29, 1.82) is 0 Å². The Morgan fingerprint density at radius 3 is 2.77 bits per heavy atom. The number of nitrogens with zero attached hydrogens (tertiary/aromatic N) is 1. The third-order valence-corrected chi connectivity index (χ3v) is 5.30. The van der Waals surface area contributed by atoms with Gasteiger partial charge in [-0.1, -0.05) is 19.1 Å². The summed E-state index contributed by atoms with van der Waals surface area (Å²) in [7, 11) is 1.59. The standard InChI is InChI=1S/C19H25N3O4/c1-13-8-10-19(11-9-13)17(24)22(18(25)20-19)21-16(23)7-6-14-4-3-5-15(12-14)26-2/h3-5,12-13H,6-11H2,1-2H3,(H,20,25)(H,21,23). The van der Waals surface area contributed by atoms with Gasteiger partial charge in [0.2, 0.25) is 5.91 Å². The lowest BCUT2D eigenvalue weighted by atomic mass is 9.77. The van der Waals surface area contributed by atoms with Crippen molar-refractivity contribution in [1.82, 2.24) is 15.8 Å². The van der Waals surface area contributed by atoms with E-state index in [9.17, 15) is 14.4 Å². The Balaban J connectivity index is 1.57. The monoisotopic (exact) mass is 359 g/mol. The normalized spacial score (nSPS) is 25.3. The number of carbonyl (C=O) groups is 3. The molecule has 0 bridgehead atoms. The molecule has 4 amide bonds. The Morgan fingerprint density at radius 2 is 2.08 bits per heavy atom. The van der Waals surface area contributed by atoms with Crippen LogP contribution in [-0.4, -0.2) is 35.5 Å². The zero-order valence-corrected chi connectivity index (χ0v) is 15.2. The second-order valence-corrected chi connectivity index (χ2v) is 7.22. The van der Waals surface area contributed by atoms with Crippen LogP contribution in [0.3, 0.4) is 0 Å². The maximum Gasteiger partial charge on any atom is 0.344 e. The fraction of sp³-hybridized carbons (Fsp3) is 0.526. The van der Waals surface area contributed by atoms with E-state index in [2.05, 4.69) is 17.7 Å². The van der Waals surface area contributed by atoms with E-state index in [1.54, 1.807) is 7.11 Å². The summed E-state index contributed by atoms with van der Waals surface area (Å²) in [6.45, 7) is 2.15. The van der Waals surface area contributed by atoms with Gasteiger partial charge in [-0.05, 0) is 55.7 Å². The average Bonchev–Trinajstić information content (AvgIpc) is 2.87. The van der Waals surface area contributed by atoms with Crippen LogP contribution in [0, 0.1) is 5.92 Å². The number of methoxy groups -OCH3 is 1. The number of carbonyl (C=O) groups excluding carboxylic acids is 3. The van der Waals surface area contributed by atoms with Crippen molar-refractivity contribution in [3.05, 3.63) is 29.8 Å². The minimum atomic E-state index is -0.844. The van der Waals surface area contributed by atoms with E-state index in [4.69, 9.17) is 4.74 Å². The van der Waals surface area contributed by atoms with Crippen LogP contribution in [0.2, 0.25) is 0 Å². The highest BCUT2D eigenvalue weighted by molar-refractivity contribution is 6.08. The number of amides is 4. The number of hydrogen-bond donors (Lipinski definition) is 2. The summed E-state index contributed by atoms with van der Waals surface area (Å²) in [5, 5.41) is 3.64. The van der Waals surface area contributed by atoms with Gasteiger partial charge < -0.3 is 10.1 Å². The van der Waals surface area contributed by atoms with Gasteiger partial charge in [-0.3, -0.25) is 15.0 Å². The number of benzene rings is 1. The van der Waals surface area contributed by atoms with Gasteiger partial charge in [0.1, 0.15) is 11.3 Å². The summed E-state index contributed by atoms with van der Waals surface area (Å²) < 4.78 is 5.16. The van der Waals surface area contributed by atoms with Crippen LogP contribution in [0.25, 0.3) is 0 Å². The number of rotatable bonds is 5. The molecule has 7 nitrogen and oxygen atoms in total. The van der Waals surface area contributed by atoms with Crippen molar-refractivity contribution in [2.75, 3.05) is 7.11 Å². The molecular formula is C19H25N3O4. The first-order valence-electron chi connectivity index (χ1n) is 9.02. The Kier molecular flexibility index (Phi) is 5.15. The third-order valence-electron chi connectivity index (χ3n) is 5.30. The lowest BCUT2D eigenvalue weighted by molar-refractivity contribution is -0.140. The fourth-order valence-corrected chi connectivity index (χ4v) is 3.58. The third kappa shape index (κ3) is 3.66. The minimum Gasteiger partial charge on any atom is -0.497 e. The summed E-state index contributed by atoms with van der Waals surface area (Å²) in [5.41, 5.74) is 2.57. The van der Waals surface area contributed by atoms with Crippen molar-refractivity contribution in [3.8, 4) is 5.75 Å². The largest absolute Gasteiger partial charge is 0.497 e. The molecule has 3 rings (SSSR count). The number of nitrogens with one attached hydrogen (secondary N) is 2. The molecule has 26 heavy (non-hydrogen) atoms. The highest BCUT2D eigenvalue weighted by atomic mass is 16.5. The van der Waals surface area contributed by atoms with Gasteiger partial charge in [0.25, 0.3) is 5.91 Å². The Labute approximate surface area is 153 Å². The molecule has 1 aromatic carbocycles. The zero-order valence-electron chi connectivity index (χ0n) is 15.2. The minimum absolute atomic E-state index is 0.175. The van der Waals surface area contributed by atoms with Crippen LogP contribution in [0.4, 0.5) is 4.79 Å². The van der Waals surface area contributed by atoms with Crippen molar-refractivity contribution < 1.29 is 19.1 Å². The molecule has 1 saturated heterocycles. The molecule has 0 atom stereocenters. The van der Waals surface area contributed by atoms with Gasteiger partial charge in [-0.15, -0.1) is 0 Å². The fourth-order valence-electron chi connectivity index (χ4n) is 3.58. The second kappa shape index (κ2) is 7.35. The molecule has 1 saturated carbocycles. The number of ether oxygens (including phenoxy) is 1. The van der Waals surface area contributed by atoms with Crippen molar-refractivity contribution in [3.63, 3.8) is 0 Å². The highest BCUT2D eigenvalue weighted by Gasteiger charge is 2.52.